The molecule has 0 fully saturated rings. The van der Waals surface area contributed by atoms with Crippen LogP contribution < -0.4 is 16.0 Å². The standard InChI is InChI=1S/C31H35N5O2/c1-20-13-14-21(2)36(20)28-12-8-11-27(34-28)24-17-15-23(16-18-24)25-9-7-10-26(19-25)33-29(37)22(3)32-30(38)35-31(4,5)6/h7-19,22H,1-6H3,(H,33,37)(H2,32,35,38). The number of aromatic nitrogens is 2. The number of amides is 3. The third-order valence-corrected chi connectivity index (χ3v) is 6.11. The number of carbonyl (C=O) groups is 2. The zero-order valence-electron chi connectivity index (χ0n) is 22.8. The molecule has 196 valence electrons. The molecule has 1 unspecified atom stereocenters. The van der Waals surface area contributed by atoms with E-state index in [0.29, 0.717) is 5.69 Å². The van der Waals surface area contributed by atoms with E-state index < -0.39 is 6.04 Å². The van der Waals surface area contributed by atoms with Crippen LogP contribution in [-0.4, -0.2) is 33.1 Å². The maximum atomic E-state index is 12.7. The van der Waals surface area contributed by atoms with Gasteiger partial charge < -0.3 is 20.5 Å². The molecule has 7 nitrogen and oxygen atoms in total. The number of nitrogens with zero attached hydrogens (tertiary/aromatic N) is 2. The maximum Gasteiger partial charge on any atom is 0.315 e. The monoisotopic (exact) mass is 509 g/mol. The van der Waals surface area contributed by atoms with E-state index in [2.05, 4.69) is 70.8 Å². The number of carbonyl (C=O) groups excluding carboxylic acids is 2. The lowest BCUT2D eigenvalue weighted by Gasteiger charge is -2.22. The first kappa shape index (κ1) is 26.7. The predicted molar refractivity (Wildman–Crippen MR) is 153 cm³/mol. The first-order chi connectivity index (χ1) is 18.0. The summed E-state index contributed by atoms with van der Waals surface area (Å²) in [5.74, 6) is 0.607. The van der Waals surface area contributed by atoms with Crippen molar-refractivity contribution in [1.29, 1.82) is 0 Å². The molecule has 4 aromatic rings. The highest BCUT2D eigenvalue weighted by Gasteiger charge is 2.19. The molecule has 2 aromatic heterocycles. The summed E-state index contributed by atoms with van der Waals surface area (Å²) >= 11 is 0. The Morgan fingerprint density at radius 1 is 0.816 bits per heavy atom. The van der Waals surface area contributed by atoms with Crippen LogP contribution in [0.5, 0.6) is 0 Å². The fraction of sp³-hybridized carbons (Fsp3) is 0.258. The molecule has 4 rings (SSSR count). The fourth-order valence-electron chi connectivity index (χ4n) is 4.24. The lowest BCUT2D eigenvalue weighted by molar-refractivity contribution is -0.117. The quantitative estimate of drug-likeness (QED) is 0.287. The largest absolute Gasteiger partial charge is 0.334 e. The average Bonchev–Trinajstić information content (AvgIpc) is 3.20. The number of pyridine rings is 1. The molecule has 1 atom stereocenters. The minimum Gasteiger partial charge on any atom is -0.334 e. The Morgan fingerprint density at radius 2 is 1.45 bits per heavy atom. The topological polar surface area (TPSA) is 88.0 Å². The molecule has 3 N–H and O–H groups in total. The molecular weight excluding hydrogens is 474 g/mol. The van der Waals surface area contributed by atoms with Crippen LogP contribution in [0.3, 0.4) is 0 Å². The van der Waals surface area contributed by atoms with Gasteiger partial charge in [0, 0.05) is 28.2 Å². The first-order valence-electron chi connectivity index (χ1n) is 12.7. The maximum absolute atomic E-state index is 12.7. The van der Waals surface area contributed by atoms with Crippen molar-refractivity contribution < 1.29 is 9.59 Å². The van der Waals surface area contributed by atoms with E-state index >= 15 is 0 Å². The summed E-state index contributed by atoms with van der Waals surface area (Å²) in [6, 6.07) is 25.0. The van der Waals surface area contributed by atoms with Gasteiger partial charge >= 0.3 is 6.03 Å². The lowest BCUT2D eigenvalue weighted by atomic mass is 10.0. The first-order valence-corrected chi connectivity index (χ1v) is 12.7. The third-order valence-electron chi connectivity index (χ3n) is 6.11. The summed E-state index contributed by atoms with van der Waals surface area (Å²) in [6.45, 7) is 11.5. The Labute approximate surface area is 224 Å². The number of urea groups is 1. The fourth-order valence-corrected chi connectivity index (χ4v) is 4.24. The van der Waals surface area contributed by atoms with Crippen LogP contribution in [0, 0.1) is 13.8 Å². The van der Waals surface area contributed by atoms with Gasteiger partial charge in [0.15, 0.2) is 0 Å². The van der Waals surface area contributed by atoms with Crippen molar-refractivity contribution in [2.45, 2.75) is 53.1 Å². The van der Waals surface area contributed by atoms with E-state index in [1.54, 1.807) is 6.92 Å². The summed E-state index contributed by atoms with van der Waals surface area (Å²) < 4.78 is 2.14. The third kappa shape index (κ3) is 6.48. The van der Waals surface area contributed by atoms with Gasteiger partial charge in [0.2, 0.25) is 5.91 Å². The van der Waals surface area contributed by atoms with Crippen molar-refractivity contribution in [2.24, 2.45) is 0 Å². The van der Waals surface area contributed by atoms with E-state index in [1.807, 2.05) is 63.2 Å². The number of anilines is 1. The summed E-state index contributed by atoms with van der Waals surface area (Å²) in [4.78, 5) is 29.6. The molecule has 2 aromatic carbocycles. The van der Waals surface area contributed by atoms with Crippen molar-refractivity contribution in [3.8, 4) is 28.2 Å². The van der Waals surface area contributed by atoms with E-state index in [-0.39, 0.29) is 17.5 Å². The van der Waals surface area contributed by atoms with Gasteiger partial charge in [0.1, 0.15) is 11.9 Å². The molecular formula is C31H35N5O2. The molecule has 0 aliphatic carbocycles. The van der Waals surface area contributed by atoms with Gasteiger partial charge in [-0.05, 0) is 89.1 Å². The van der Waals surface area contributed by atoms with Crippen molar-refractivity contribution in [1.82, 2.24) is 20.2 Å². The summed E-state index contributed by atoms with van der Waals surface area (Å²) in [6.07, 6.45) is 0. The second-order valence-corrected chi connectivity index (χ2v) is 10.6. The van der Waals surface area contributed by atoms with Gasteiger partial charge in [-0.15, -0.1) is 0 Å². The highest BCUT2D eigenvalue weighted by molar-refractivity contribution is 5.97. The van der Waals surface area contributed by atoms with Crippen LogP contribution in [0.4, 0.5) is 10.5 Å². The average molecular weight is 510 g/mol. The van der Waals surface area contributed by atoms with E-state index in [9.17, 15) is 9.59 Å². The van der Waals surface area contributed by atoms with E-state index in [4.69, 9.17) is 4.98 Å². The number of rotatable bonds is 6. The van der Waals surface area contributed by atoms with Crippen molar-refractivity contribution in [2.75, 3.05) is 5.32 Å². The van der Waals surface area contributed by atoms with Gasteiger partial charge in [0.25, 0.3) is 0 Å². The van der Waals surface area contributed by atoms with Gasteiger partial charge in [-0.2, -0.15) is 0 Å². The Balaban J connectivity index is 1.46. The molecule has 0 bridgehead atoms. The van der Waals surface area contributed by atoms with Crippen LogP contribution in [0.2, 0.25) is 0 Å². The van der Waals surface area contributed by atoms with Gasteiger partial charge in [-0.25, -0.2) is 9.78 Å². The molecule has 0 saturated carbocycles. The second-order valence-electron chi connectivity index (χ2n) is 10.6. The van der Waals surface area contributed by atoms with Crippen LogP contribution in [0.1, 0.15) is 39.1 Å². The molecule has 38 heavy (non-hydrogen) atoms. The molecule has 0 saturated heterocycles. The highest BCUT2D eigenvalue weighted by Crippen LogP contribution is 2.27. The smallest absolute Gasteiger partial charge is 0.315 e. The summed E-state index contributed by atoms with van der Waals surface area (Å²) in [5.41, 5.74) is 6.49. The predicted octanol–water partition coefficient (Wildman–Crippen LogP) is 6.25. The van der Waals surface area contributed by atoms with Crippen molar-refractivity contribution in [3.63, 3.8) is 0 Å². The normalized spacial score (nSPS) is 12.1. The van der Waals surface area contributed by atoms with E-state index in [0.717, 1.165) is 39.6 Å². The van der Waals surface area contributed by atoms with Crippen LogP contribution in [0.15, 0.2) is 78.9 Å². The Bertz CT molecular complexity index is 1430. The summed E-state index contributed by atoms with van der Waals surface area (Å²) in [7, 11) is 0. The van der Waals surface area contributed by atoms with Gasteiger partial charge in [-0.3, -0.25) is 4.79 Å². The zero-order chi connectivity index (χ0) is 27.4. The highest BCUT2D eigenvalue weighted by atomic mass is 16.2. The zero-order valence-corrected chi connectivity index (χ0v) is 22.8. The minimum absolute atomic E-state index is 0.291. The molecule has 0 aliphatic rings. The number of hydrogen-bond donors (Lipinski definition) is 3. The molecule has 0 spiro atoms. The molecule has 3 amide bonds. The van der Waals surface area contributed by atoms with Crippen molar-refractivity contribution in [3.05, 3.63) is 90.3 Å². The number of nitrogens with one attached hydrogen (secondary N) is 3. The van der Waals surface area contributed by atoms with Crippen molar-refractivity contribution >= 4 is 17.6 Å². The van der Waals surface area contributed by atoms with Gasteiger partial charge in [-0.1, -0.05) is 42.5 Å². The Hall–Kier alpha value is -4.39. The molecule has 7 heteroatoms. The summed E-state index contributed by atoms with van der Waals surface area (Å²) in [5, 5.41) is 8.36. The SMILES string of the molecule is Cc1ccc(C)n1-c1cccc(-c2ccc(-c3cccc(NC(=O)C(C)NC(=O)NC(C)(C)C)c3)cc2)n1. The number of hydrogen-bond acceptors (Lipinski definition) is 3. The number of benzene rings is 2. The Kier molecular flexibility index (Phi) is 7.67. The van der Waals surface area contributed by atoms with Crippen LogP contribution in [0.25, 0.3) is 28.2 Å². The Morgan fingerprint density at radius 3 is 2.11 bits per heavy atom. The van der Waals surface area contributed by atoms with E-state index in [1.165, 1.54) is 0 Å². The molecule has 0 radical (unpaired) electrons. The molecule has 2 heterocycles. The van der Waals surface area contributed by atoms with Crippen LogP contribution >= 0.6 is 0 Å². The van der Waals surface area contributed by atoms with Crippen LogP contribution in [-0.2, 0) is 4.79 Å². The number of aryl methyl sites for hydroxylation is 2. The lowest BCUT2D eigenvalue weighted by Crippen LogP contribution is -2.51. The van der Waals surface area contributed by atoms with Gasteiger partial charge in [0.05, 0.1) is 5.69 Å². The minimum atomic E-state index is -0.692. The molecule has 0 aliphatic heterocycles. The second kappa shape index (κ2) is 10.9.